The molecule has 1 aliphatic heterocycles. The number of hydrogen-bond acceptors (Lipinski definition) is 3. The molecule has 0 saturated carbocycles. The first kappa shape index (κ1) is 5.44. The summed E-state index contributed by atoms with van der Waals surface area (Å²) in [6, 6.07) is 0. The van der Waals surface area contributed by atoms with E-state index in [1.54, 1.807) is 7.11 Å². The molecule has 0 bridgehead atoms. The van der Waals surface area contributed by atoms with Gasteiger partial charge >= 0.3 is 0 Å². The Labute approximate surface area is 48.7 Å². The fourth-order valence-electron chi connectivity index (χ4n) is 0.561. The van der Waals surface area contributed by atoms with Crippen molar-refractivity contribution in [3.8, 4) is 0 Å². The van der Waals surface area contributed by atoms with Gasteiger partial charge in [-0.3, -0.25) is 0 Å². The maximum atomic E-state index is 5.01. The van der Waals surface area contributed by atoms with Crippen molar-refractivity contribution in [2.24, 2.45) is 0 Å². The number of methoxy groups -OCH3 is 1. The van der Waals surface area contributed by atoms with Crippen LogP contribution in [0.15, 0.2) is 12.4 Å². The van der Waals surface area contributed by atoms with Crippen LogP contribution in [0.5, 0.6) is 0 Å². The van der Waals surface area contributed by atoms with Gasteiger partial charge in [0.25, 0.3) is 0 Å². The first-order valence-electron chi connectivity index (χ1n) is 2.52. The lowest BCUT2D eigenvalue weighted by Gasteiger charge is -2.23. The van der Waals surface area contributed by atoms with Gasteiger partial charge in [0.15, 0.2) is 0 Å². The van der Waals surface area contributed by atoms with Gasteiger partial charge in [-0.15, -0.1) is 0 Å². The highest BCUT2D eigenvalue weighted by Gasteiger charge is 2.21. The van der Waals surface area contributed by atoms with E-state index in [1.807, 2.05) is 19.3 Å². The summed E-state index contributed by atoms with van der Waals surface area (Å²) in [7, 11) is 1.65. The summed E-state index contributed by atoms with van der Waals surface area (Å²) in [5, 5.41) is 5.94. The fourth-order valence-corrected chi connectivity index (χ4v) is 0.561. The molecule has 0 atom stereocenters. The van der Waals surface area contributed by atoms with Crippen LogP contribution in [0.1, 0.15) is 6.92 Å². The van der Waals surface area contributed by atoms with E-state index in [1.165, 1.54) is 0 Å². The highest BCUT2D eigenvalue weighted by Crippen LogP contribution is 2.02. The average molecular weight is 114 g/mol. The van der Waals surface area contributed by atoms with E-state index in [0.717, 1.165) is 0 Å². The molecule has 1 aliphatic rings. The summed E-state index contributed by atoms with van der Waals surface area (Å²) in [4.78, 5) is 0. The Morgan fingerprint density at radius 3 is 2.12 bits per heavy atom. The molecule has 1 rings (SSSR count). The number of hydrogen-bond donors (Lipinski definition) is 2. The van der Waals surface area contributed by atoms with E-state index in [9.17, 15) is 0 Å². The molecule has 0 spiro atoms. The summed E-state index contributed by atoms with van der Waals surface area (Å²) in [5.74, 6) is -0.375. The second-order valence-electron chi connectivity index (χ2n) is 1.86. The predicted molar refractivity (Wildman–Crippen MR) is 30.8 cm³/mol. The van der Waals surface area contributed by atoms with E-state index >= 15 is 0 Å². The lowest BCUT2D eigenvalue weighted by molar-refractivity contribution is -0.0217. The van der Waals surface area contributed by atoms with Crippen molar-refractivity contribution in [3.05, 3.63) is 12.4 Å². The molecule has 1 heterocycles. The Morgan fingerprint density at radius 2 is 1.88 bits per heavy atom. The molecule has 0 unspecified atom stereocenters. The molecule has 0 aromatic carbocycles. The number of rotatable bonds is 1. The first-order valence-corrected chi connectivity index (χ1v) is 2.52. The Kier molecular flexibility index (Phi) is 1.13. The van der Waals surface area contributed by atoms with Crippen molar-refractivity contribution < 1.29 is 4.74 Å². The molecule has 0 fully saturated rings. The van der Waals surface area contributed by atoms with Gasteiger partial charge in [-0.05, 0) is 0 Å². The van der Waals surface area contributed by atoms with E-state index in [4.69, 9.17) is 4.74 Å². The third-order valence-corrected chi connectivity index (χ3v) is 1.21. The minimum atomic E-state index is -0.375. The average Bonchev–Trinajstić information content (AvgIpc) is 2.17. The molecule has 2 N–H and O–H groups in total. The molecule has 0 saturated heterocycles. The van der Waals surface area contributed by atoms with Crippen LogP contribution in [0.4, 0.5) is 0 Å². The summed E-state index contributed by atoms with van der Waals surface area (Å²) < 4.78 is 5.01. The Bertz CT molecular complexity index is 103. The second-order valence-corrected chi connectivity index (χ2v) is 1.86. The summed E-state index contributed by atoms with van der Waals surface area (Å²) >= 11 is 0. The van der Waals surface area contributed by atoms with Crippen LogP contribution < -0.4 is 10.6 Å². The minimum Gasteiger partial charge on any atom is -0.346 e. The zero-order chi connectivity index (χ0) is 6.04. The van der Waals surface area contributed by atoms with Gasteiger partial charge < -0.3 is 15.4 Å². The van der Waals surface area contributed by atoms with Gasteiger partial charge in [-0.2, -0.15) is 0 Å². The summed E-state index contributed by atoms with van der Waals surface area (Å²) in [6.45, 7) is 1.91. The maximum absolute atomic E-state index is 5.01. The highest BCUT2D eigenvalue weighted by atomic mass is 16.5. The van der Waals surface area contributed by atoms with E-state index in [-0.39, 0.29) is 5.85 Å². The fraction of sp³-hybridized carbons (Fsp3) is 0.600. The Morgan fingerprint density at radius 1 is 1.38 bits per heavy atom. The van der Waals surface area contributed by atoms with Crippen LogP contribution in [-0.4, -0.2) is 13.0 Å². The SMILES string of the molecule is COC1(C)NC=CN1. The van der Waals surface area contributed by atoms with Crippen LogP contribution in [0.3, 0.4) is 0 Å². The third kappa shape index (κ3) is 0.767. The predicted octanol–water partition coefficient (Wildman–Crippen LogP) is -0.0295. The lowest BCUT2D eigenvalue weighted by Crippen LogP contribution is -2.47. The molecule has 0 aliphatic carbocycles. The lowest BCUT2D eigenvalue weighted by atomic mass is 10.5. The topological polar surface area (TPSA) is 33.3 Å². The van der Waals surface area contributed by atoms with Gasteiger partial charge in [0.05, 0.1) is 0 Å². The van der Waals surface area contributed by atoms with Crippen molar-refractivity contribution in [2.45, 2.75) is 12.8 Å². The maximum Gasteiger partial charge on any atom is 0.212 e. The van der Waals surface area contributed by atoms with Crippen molar-refractivity contribution in [2.75, 3.05) is 7.11 Å². The Hall–Kier alpha value is -0.700. The summed E-state index contributed by atoms with van der Waals surface area (Å²) in [6.07, 6.45) is 3.62. The molecule has 46 valence electrons. The van der Waals surface area contributed by atoms with Gasteiger partial charge in [0, 0.05) is 26.4 Å². The van der Waals surface area contributed by atoms with E-state index in [2.05, 4.69) is 10.6 Å². The molecular weight excluding hydrogens is 104 g/mol. The highest BCUT2D eigenvalue weighted by molar-refractivity contribution is 4.93. The van der Waals surface area contributed by atoms with Gasteiger partial charge in [0.1, 0.15) is 0 Å². The normalized spacial score (nSPS) is 22.2. The smallest absolute Gasteiger partial charge is 0.212 e. The van der Waals surface area contributed by atoms with Crippen molar-refractivity contribution in [1.29, 1.82) is 0 Å². The quantitative estimate of drug-likeness (QED) is 0.502. The van der Waals surface area contributed by atoms with Crippen LogP contribution in [-0.2, 0) is 4.74 Å². The monoisotopic (exact) mass is 114 g/mol. The van der Waals surface area contributed by atoms with Crippen molar-refractivity contribution in [3.63, 3.8) is 0 Å². The van der Waals surface area contributed by atoms with Crippen LogP contribution in [0.2, 0.25) is 0 Å². The molecule has 3 nitrogen and oxygen atoms in total. The molecule has 0 aromatic rings. The van der Waals surface area contributed by atoms with Gasteiger partial charge in [-0.1, -0.05) is 0 Å². The van der Waals surface area contributed by atoms with Crippen molar-refractivity contribution >= 4 is 0 Å². The van der Waals surface area contributed by atoms with Crippen LogP contribution in [0, 0.1) is 0 Å². The molecule has 8 heavy (non-hydrogen) atoms. The standard InChI is InChI=1S/C5H10N2O/c1-5(8-2)6-3-4-7-5/h3-4,6-7H,1-2H3. The van der Waals surface area contributed by atoms with E-state index < -0.39 is 0 Å². The molecule has 0 aromatic heterocycles. The zero-order valence-electron chi connectivity index (χ0n) is 5.06. The largest absolute Gasteiger partial charge is 0.346 e. The minimum absolute atomic E-state index is 0.375. The van der Waals surface area contributed by atoms with Gasteiger partial charge in [-0.25, -0.2) is 0 Å². The first-order chi connectivity index (χ1) is 3.77. The van der Waals surface area contributed by atoms with Gasteiger partial charge in [0.2, 0.25) is 5.85 Å². The number of ether oxygens (including phenoxy) is 1. The summed E-state index contributed by atoms with van der Waals surface area (Å²) in [5.41, 5.74) is 0. The molecule has 3 heteroatoms. The zero-order valence-corrected chi connectivity index (χ0v) is 5.06. The third-order valence-electron chi connectivity index (χ3n) is 1.21. The van der Waals surface area contributed by atoms with Crippen LogP contribution >= 0.6 is 0 Å². The Balaban J connectivity index is 2.46. The van der Waals surface area contributed by atoms with Crippen molar-refractivity contribution in [1.82, 2.24) is 10.6 Å². The number of nitrogens with one attached hydrogen (secondary N) is 2. The molecule has 0 amide bonds. The van der Waals surface area contributed by atoms with E-state index in [0.29, 0.717) is 0 Å². The second kappa shape index (κ2) is 1.67. The van der Waals surface area contributed by atoms with Crippen LogP contribution in [0.25, 0.3) is 0 Å². The molecular formula is C5H10N2O. The molecule has 0 radical (unpaired) electrons.